The van der Waals surface area contributed by atoms with E-state index in [4.69, 9.17) is 16.3 Å². The van der Waals surface area contributed by atoms with Crippen LogP contribution in [0.2, 0.25) is 5.02 Å². The minimum atomic E-state index is -0.468. The van der Waals surface area contributed by atoms with Gasteiger partial charge in [0.1, 0.15) is 5.60 Å². The molecular formula is C14H21ClN4O2. The van der Waals surface area contributed by atoms with Crippen molar-refractivity contribution in [2.24, 2.45) is 0 Å². The van der Waals surface area contributed by atoms with Crippen LogP contribution in [0.1, 0.15) is 26.5 Å². The summed E-state index contributed by atoms with van der Waals surface area (Å²) in [6.45, 7) is 10.0. The molecule has 2 rings (SSSR count). The van der Waals surface area contributed by atoms with Crippen molar-refractivity contribution in [2.75, 3.05) is 31.1 Å². The average Bonchev–Trinajstić information content (AvgIpc) is 2.40. The molecule has 1 fully saturated rings. The van der Waals surface area contributed by atoms with E-state index in [1.165, 1.54) is 0 Å². The van der Waals surface area contributed by atoms with Crippen LogP contribution in [-0.2, 0) is 4.74 Å². The fourth-order valence-electron chi connectivity index (χ4n) is 2.01. The maximum absolute atomic E-state index is 12.0. The minimum absolute atomic E-state index is 0.268. The number of rotatable bonds is 1. The molecule has 1 aliphatic rings. The van der Waals surface area contributed by atoms with E-state index in [9.17, 15) is 4.79 Å². The Balaban J connectivity index is 1.94. The lowest BCUT2D eigenvalue weighted by atomic mass is 10.2. The number of hydrogen-bond acceptors (Lipinski definition) is 5. The van der Waals surface area contributed by atoms with Crippen molar-refractivity contribution in [2.45, 2.75) is 33.3 Å². The van der Waals surface area contributed by atoms with Gasteiger partial charge in [-0.3, -0.25) is 0 Å². The lowest BCUT2D eigenvalue weighted by Crippen LogP contribution is -2.50. The highest BCUT2D eigenvalue weighted by atomic mass is 35.5. The minimum Gasteiger partial charge on any atom is -0.444 e. The van der Waals surface area contributed by atoms with Crippen LogP contribution < -0.4 is 4.90 Å². The molecule has 1 aliphatic heterocycles. The number of anilines is 1. The zero-order valence-electron chi connectivity index (χ0n) is 12.9. The fourth-order valence-corrected chi connectivity index (χ4v) is 2.10. The molecule has 1 amide bonds. The quantitative estimate of drug-likeness (QED) is 0.797. The van der Waals surface area contributed by atoms with Crippen molar-refractivity contribution in [1.29, 1.82) is 0 Å². The summed E-state index contributed by atoms with van der Waals surface area (Å²) in [5.41, 5.74) is 0.293. The highest BCUT2D eigenvalue weighted by molar-refractivity contribution is 6.31. The molecule has 1 aromatic heterocycles. The molecule has 0 radical (unpaired) electrons. The molecule has 116 valence electrons. The van der Waals surface area contributed by atoms with Gasteiger partial charge in [-0.2, -0.15) is 0 Å². The van der Waals surface area contributed by atoms with E-state index in [1.54, 1.807) is 11.1 Å². The van der Waals surface area contributed by atoms with Gasteiger partial charge in [-0.15, -0.1) is 0 Å². The zero-order valence-corrected chi connectivity index (χ0v) is 13.6. The van der Waals surface area contributed by atoms with E-state index >= 15 is 0 Å². The van der Waals surface area contributed by atoms with Crippen molar-refractivity contribution >= 4 is 23.6 Å². The molecule has 2 heterocycles. The number of amides is 1. The van der Waals surface area contributed by atoms with E-state index in [0.717, 1.165) is 5.69 Å². The van der Waals surface area contributed by atoms with Gasteiger partial charge in [-0.1, -0.05) is 11.6 Å². The van der Waals surface area contributed by atoms with Crippen LogP contribution in [0.3, 0.4) is 0 Å². The van der Waals surface area contributed by atoms with Crippen LogP contribution in [0, 0.1) is 6.92 Å². The highest BCUT2D eigenvalue weighted by Crippen LogP contribution is 2.17. The van der Waals surface area contributed by atoms with Crippen LogP contribution in [0.25, 0.3) is 0 Å². The van der Waals surface area contributed by atoms with Gasteiger partial charge in [0, 0.05) is 26.2 Å². The van der Waals surface area contributed by atoms with Crippen LogP contribution in [-0.4, -0.2) is 52.7 Å². The largest absolute Gasteiger partial charge is 0.444 e. The van der Waals surface area contributed by atoms with Crippen molar-refractivity contribution in [3.63, 3.8) is 0 Å². The van der Waals surface area contributed by atoms with Gasteiger partial charge >= 0.3 is 6.09 Å². The molecule has 0 aliphatic carbocycles. The van der Waals surface area contributed by atoms with Gasteiger partial charge < -0.3 is 14.5 Å². The summed E-state index contributed by atoms with van der Waals surface area (Å²) >= 11 is 5.93. The van der Waals surface area contributed by atoms with Crippen LogP contribution in [0.4, 0.5) is 10.7 Å². The van der Waals surface area contributed by atoms with Crippen LogP contribution >= 0.6 is 11.6 Å². The summed E-state index contributed by atoms with van der Waals surface area (Å²) in [4.78, 5) is 24.4. The summed E-state index contributed by atoms with van der Waals surface area (Å²) in [5.74, 6) is 0.653. The third-order valence-corrected chi connectivity index (χ3v) is 3.49. The van der Waals surface area contributed by atoms with Crippen LogP contribution in [0.5, 0.6) is 0 Å². The Morgan fingerprint density at radius 1 is 1.29 bits per heavy atom. The molecular weight excluding hydrogens is 292 g/mol. The predicted octanol–water partition coefficient (Wildman–Crippen LogP) is 2.50. The number of ether oxygens (including phenoxy) is 1. The van der Waals surface area contributed by atoms with Gasteiger partial charge in [-0.25, -0.2) is 14.8 Å². The first-order valence-electron chi connectivity index (χ1n) is 6.98. The maximum Gasteiger partial charge on any atom is 0.410 e. The predicted molar refractivity (Wildman–Crippen MR) is 81.8 cm³/mol. The molecule has 0 atom stereocenters. The smallest absolute Gasteiger partial charge is 0.410 e. The number of hydrogen-bond donors (Lipinski definition) is 0. The molecule has 1 saturated heterocycles. The summed E-state index contributed by atoms with van der Waals surface area (Å²) in [7, 11) is 0. The molecule has 21 heavy (non-hydrogen) atoms. The Bertz CT molecular complexity index is 522. The Morgan fingerprint density at radius 3 is 2.43 bits per heavy atom. The number of piperazine rings is 1. The second kappa shape index (κ2) is 6.05. The first-order chi connectivity index (χ1) is 9.76. The molecule has 0 aromatic carbocycles. The van der Waals surface area contributed by atoms with Crippen LogP contribution in [0.15, 0.2) is 6.20 Å². The number of nitrogens with zero attached hydrogens (tertiary/aromatic N) is 4. The first kappa shape index (κ1) is 15.8. The Kier molecular flexibility index (Phi) is 4.56. The molecule has 1 aromatic rings. The Morgan fingerprint density at radius 2 is 1.90 bits per heavy atom. The number of aryl methyl sites for hydroxylation is 1. The summed E-state index contributed by atoms with van der Waals surface area (Å²) in [5, 5.41) is 0.561. The van der Waals surface area contributed by atoms with Crippen molar-refractivity contribution in [1.82, 2.24) is 14.9 Å². The normalized spacial score (nSPS) is 16.0. The monoisotopic (exact) mass is 312 g/mol. The van der Waals surface area contributed by atoms with E-state index in [1.807, 2.05) is 32.6 Å². The van der Waals surface area contributed by atoms with Gasteiger partial charge in [-0.05, 0) is 27.7 Å². The van der Waals surface area contributed by atoms with Crippen molar-refractivity contribution in [3.8, 4) is 0 Å². The second-order valence-electron chi connectivity index (χ2n) is 6.06. The number of aromatic nitrogens is 2. The topological polar surface area (TPSA) is 58.6 Å². The Hall–Kier alpha value is -1.56. The SMILES string of the molecule is Cc1nc(N2CCN(C(=O)OC(C)(C)C)CC2)ncc1Cl. The van der Waals surface area contributed by atoms with Gasteiger partial charge in [0.05, 0.1) is 16.9 Å². The average molecular weight is 313 g/mol. The molecule has 0 saturated carbocycles. The number of halogens is 1. The Labute approximate surface area is 130 Å². The van der Waals surface area contributed by atoms with E-state index in [-0.39, 0.29) is 6.09 Å². The summed E-state index contributed by atoms with van der Waals surface area (Å²) in [6, 6.07) is 0. The zero-order chi connectivity index (χ0) is 15.6. The summed E-state index contributed by atoms with van der Waals surface area (Å²) in [6.07, 6.45) is 1.34. The standard InChI is InChI=1S/C14H21ClN4O2/c1-10-11(15)9-16-12(17-10)18-5-7-19(8-6-18)13(20)21-14(2,3)4/h9H,5-8H2,1-4H3. The number of carbonyl (C=O) groups excluding carboxylic acids is 1. The van der Waals surface area contributed by atoms with Gasteiger partial charge in [0.15, 0.2) is 0 Å². The second-order valence-corrected chi connectivity index (χ2v) is 6.46. The third kappa shape index (κ3) is 4.20. The van der Waals surface area contributed by atoms with E-state index in [2.05, 4.69) is 9.97 Å². The van der Waals surface area contributed by atoms with Crippen molar-refractivity contribution in [3.05, 3.63) is 16.9 Å². The maximum atomic E-state index is 12.0. The molecule has 0 N–H and O–H groups in total. The van der Waals surface area contributed by atoms with E-state index in [0.29, 0.717) is 37.1 Å². The van der Waals surface area contributed by atoms with E-state index < -0.39 is 5.60 Å². The molecule has 0 unspecified atom stereocenters. The lowest BCUT2D eigenvalue weighted by Gasteiger charge is -2.35. The summed E-state index contributed by atoms with van der Waals surface area (Å²) < 4.78 is 5.37. The van der Waals surface area contributed by atoms with Gasteiger partial charge in [0.2, 0.25) is 5.95 Å². The molecule has 0 spiro atoms. The third-order valence-electron chi connectivity index (χ3n) is 3.12. The first-order valence-corrected chi connectivity index (χ1v) is 7.36. The molecule has 6 nitrogen and oxygen atoms in total. The van der Waals surface area contributed by atoms with Crippen molar-refractivity contribution < 1.29 is 9.53 Å². The highest BCUT2D eigenvalue weighted by Gasteiger charge is 2.26. The number of carbonyl (C=O) groups is 1. The molecule has 0 bridgehead atoms. The molecule has 7 heteroatoms. The lowest BCUT2D eigenvalue weighted by molar-refractivity contribution is 0.0240. The fraction of sp³-hybridized carbons (Fsp3) is 0.643. The van der Waals surface area contributed by atoms with Gasteiger partial charge in [0.25, 0.3) is 0 Å².